The first-order valence-corrected chi connectivity index (χ1v) is 6.82. The number of hydrogen-bond acceptors (Lipinski definition) is 3. The van der Waals surface area contributed by atoms with E-state index in [1.807, 2.05) is 7.11 Å². The second kappa shape index (κ2) is 8.97. The number of hydrogen-bond donors (Lipinski definition) is 1. The first-order chi connectivity index (χ1) is 7.86. The first-order valence-electron chi connectivity index (χ1n) is 6.82. The molecular weight excluding hydrogens is 200 g/mol. The zero-order chi connectivity index (χ0) is 11.6. The maximum Gasteiger partial charge on any atom is 0.0698 e. The molecule has 96 valence electrons. The van der Waals surface area contributed by atoms with Gasteiger partial charge in [0.25, 0.3) is 0 Å². The lowest BCUT2D eigenvalue weighted by Gasteiger charge is -2.31. The Morgan fingerprint density at radius 3 is 2.94 bits per heavy atom. The van der Waals surface area contributed by atoms with E-state index in [0.29, 0.717) is 6.10 Å². The van der Waals surface area contributed by atoms with E-state index in [1.54, 1.807) is 0 Å². The van der Waals surface area contributed by atoms with Crippen molar-refractivity contribution in [3.05, 3.63) is 0 Å². The van der Waals surface area contributed by atoms with Gasteiger partial charge in [0.15, 0.2) is 0 Å². The zero-order valence-electron chi connectivity index (χ0n) is 11.0. The lowest BCUT2D eigenvalue weighted by Crippen LogP contribution is -2.39. The van der Waals surface area contributed by atoms with Crippen LogP contribution < -0.4 is 5.32 Å². The molecule has 0 aliphatic carbocycles. The van der Waals surface area contributed by atoms with Gasteiger partial charge in [-0.2, -0.15) is 0 Å². The number of unbranched alkanes of at least 4 members (excludes halogenated alkanes) is 2. The minimum Gasteiger partial charge on any atom is -0.380 e. The molecule has 3 nitrogen and oxygen atoms in total. The maximum atomic E-state index is 5.43. The number of nitrogens with one attached hydrogen (secondary N) is 1. The van der Waals surface area contributed by atoms with Gasteiger partial charge in [0.1, 0.15) is 0 Å². The van der Waals surface area contributed by atoms with E-state index in [-0.39, 0.29) is 0 Å². The lowest BCUT2D eigenvalue weighted by atomic mass is 10.1. The predicted molar refractivity (Wildman–Crippen MR) is 68.9 cm³/mol. The Morgan fingerprint density at radius 2 is 2.19 bits per heavy atom. The summed E-state index contributed by atoms with van der Waals surface area (Å²) < 4.78 is 5.43. The van der Waals surface area contributed by atoms with Crippen LogP contribution in [0.4, 0.5) is 0 Å². The number of rotatable bonds is 8. The number of methoxy groups -OCH3 is 1. The monoisotopic (exact) mass is 228 g/mol. The lowest BCUT2D eigenvalue weighted by molar-refractivity contribution is 0.0309. The Balaban J connectivity index is 1.95. The van der Waals surface area contributed by atoms with E-state index in [4.69, 9.17) is 4.74 Å². The number of likely N-dealkylation sites (tertiary alicyclic amines) is 1. The van der Waals surface area contributed by atoms with Gasteiger partial charge < -0.3 is 15.0 Å². The SMILES string of the molecule is CCNCCCCCN1CCCC(OC)C1. The second-order valence-corrected chi connectivity index (χ2v) is 4.71. The van der Waals surface area contributed by atoms with Crippen LogP contribution in [-0.4, -0.2) is 50.8 Å². The van der Waals surface area contributed by atoms with E-state index < -0.39 is 0 Å². The third-order valence-corrected chi connectivity index (χ3v) is 3.37. The summed E-state index contributed by atoms with van der Waals surface area (Å²) in [4.78, 5) is 2.56. The minimum absolute atomic E-state index is 0.482. The Labute approximate surface area is 101 Å². The molecule has 16 heavy (non-hydrogen) atoms. The molecule has 1 heterocycles. The van der Waals surface area contributed by atoms with Crippen LogP contribution in [0.2, 0.25) is 0 Å². The average molecular weight is 228 g/mol. The molecule has 1 fully saturated rings. The largest absolute Gasteiger partial charge is 0.380 e. The highest BCUT2D eigenvalue weighted by Crippen LogP contribution is 2.13. The van der Waals surface area contributed by atoms with Crippen LogP contribution in [0.5, 0.6) is 0 Å². The maximum absolute atomic E-state index is 5.43. The summed E-state index contributed by atoms with van der Waals surface area (Å²) >= 11 is 0. The zero-order valence-corrected chi connectivity index (χ0v) is 11.0. The van der Waals surface area contributed by atoms with Gasteiger partial charge >= 0.3 is 0 Å². The normalized spacial score (nSPS) is 22.5. The van der Waals surface area contributed by atoms with Gasteiger partial charge in [-0.3, -0.25) is 0 Å². The van der Waals surface area contributed by atoms with Crippen molar-refractivity contribution in [2.45, 2.75) is 45.1 Å². The molecular formula is C13H28N2O. The molecule has 1 aliphatic heterocycles. The Kier molecular flexibility index (Phi) is 7.81. The Bertz CT molecular complexity index is 164. The summed E-state index contributed by atoms with van der Waals surface area (Å²) in [7, 11) is 1.84. The fourth-order valence-electron chi connectivity index (χ4n) is 2.35. The summed E-state index contributed by atoms with van der Waals surface area (Å²) in [5.41, 5.74) is 0. The summed E-state index contributed by atoms with van der Waals surface area (Å²) in [5, 5.41) is 3.37. The summed E-state index contributed by atoms with van der Waals surface area (Å²) in [5.74, 6) is 0. The van der Waals surface area contributed by atoms with Crippen LogP contribution in [0.25, 0.3) is 0 Å². The van der Waals surface area contributed by atoms with Crippen molar-refractivity contribution in [2.75, 3.05) is 39.8 Å². The molecule has 1 aliphatic rings. The van der Waals surface area contributed by atoms with E-state index in [9.17, 15) is 0 Å². The van der Waals surface area contributed by atoms with Crippen LogP contribution in [-0.2, 0) is 4.74 Å². The quantitative estimate of drug-likeness (QED) is 0.642. The van der Waals surface area contributed by atoms with Crippen LogP contribution in [0.1, 0.15) is 39.0 Å². The highest BCUT2D eigenvalue weighted by atomic mass is 16.5. The van der Waals surface area contributed by atoms with Gasteiger partial charge in [-0.25, -0.2) is 0 Å². The third kappa shape index (κ3) is 5.83. The van der Waals surface area contributed by atoms with Gasteiger partial charge in [-0.15, -0.1) is 0 Å². The van der Waals surface area contributed by atoms with Crippen molar-refractivity contribution in [1.82, 2.24) is 10.2 Å². The number of ether oxygens (including phenoxy) is 1. The highest BCUT2D eigenvalue weighted by Gasteiger charge is 2.18. The molecule has 1 atom stereocenters. The molecule has 0 aromatic heterocycles. The van der Waals surface area contributed by atoms with Gasteiger partial charge in [-0.1, -0.05) is 13.3 Å². The molecule has 1 unspecified atom stereocenters. The highest BCUT2D eigenvalue weighted by molar-refractivity contribution is 4.72. The van der Waals surface area contributed by atoms with Crippen molar-refractivity contribution < 1.29 is 4.74 Å². The number of nitrogens with zero attached hydrogens (tertiary/aromatic N) is 1. The predicted octanol–water partition coefficient (Wildman–Crippen LogP) is 1.88. The standard InChI is InChI=1S/C13H28N2O/c1-3-14-9-5-4-6-10-15-11-7-8-13(12-15)16-2/h13-14H,3-12H2,1-2H3. The van der Waals surface area contributed by atoms with E-state index >= 15 is 0 Å². The molecule has 3 heteroatoms. The summed E-state index contributed by atoms with van der Waals surface area (Å²) in [6.45, 7) is 8.11. The van der Waals surface area contributed by atoms with Crippen LogP contribution in [0.15, 0.2) is 0 Å². The fourth-order valence-corrected chi connectivity index (χ4v) is 2.35. The second-order valence-electron chi connectivity index (χ2n) is 4.71. The minimum atomic E-state index is 0.482. The van der Waals surface area contributed by atoms with Crippen LogP contribution >= 0.6 is 0 Å². The Hall–Kier alpha value is -0.120. The van der Waals surface area contributed by atoms with Crippen molar-refractivity contribution in [3.8, 4) is 0 Å². The molecule has 0 spiro atoms. The van der Waals surface area contributed by atoms with Crippen molar-refractivity contribution in [3.63, 3.8) is 0 Å². The van der Waals surface area contributed by atoms with E-state index in [2.05, 4.69) is 17.1 Å². The van der Waals surface area contributed by atoms with Gasteiger partial charge in [0.05, 0.1) is 6.10 Å². The molecule has 0 bridgehead atoms. The van der Waals surface area contributed by atoms with Crippen LogP contribution in [0, 0.1) is 0 Å². The molecule has 0 amide bonds. The van der Waals surface area contributed by atoms with Gasteiger partial charge in [0.2, 0.25) is 0 Å². The Morgan fingerprint density at radius 1 is 1.31 bits per heavy atom. The smallest absolute Gasteiger partial charge is 0.0698 e. The van der Waals surface area contributed by atoms with Crippen molar-refractivity contribution in [1.29, 1.82) is 0 Å². The number of piperidine rings is 1. The molecule has 1 saturated heterocycles. The average Bonchev–Trinajstić information content (AvgIpc) is 2.34. The molecule has 1 N–H and O–H groups in total. The molecule has 0 aromatic carbocycles. The van der Waals surface area contributed by atoms with E-state index in [0.717, 1.165) is 13.1 Å². The van der Waals surface area contributed by atoms with Crippen molar-refractivity contribution in [2.24, 2.45) is 0 Å². The fraction of sp³-hybridized carbons (Fsp3) is 1.00. The van der Waals surface area contributed by atoms with Crippen molar-refractivity contribution >= 4 is 0 Å². The van der Waals surface area contributed by atoms with Gasteiger partial charge in [-0.05, 0) is 51.9 Å². The van der Waals surface area contributed by atoms with Gasteiger partial charge in [0, 0.05) is 13.7 Å². The topological polar surface area (TPSA) is 24.5 Å². The molecule has 1 rings (SSSR count). The van der Waals surface area contributed by atoms with E-state index in [1.165, 1.54) is 51.7 Å². The molecule has 0 saturated carbocycles. The summed E-state index contributed by atoms with van der Waals surface area (Å²) in [6.07, 6.45) is 7.03. The third-order valence-electron chi connectivity index (χ3n) is 3.37. The molecule has 0 aromatic rings. The summed E-state index contributed by atoms with van der Waals surface area (Å²) in [6, 6.07) is 0. The first kappa shape index (κ1) is 13.9. The molecule has 0 radical (unpaired) electrons. The van der Waals surface area contributed by atoms with Crippen LogP contribution in [0.3, 0.4) is 0 Å².